The second-order valence-electron chi connectivity index (χ2n) is 7.38. The van der Waals surface area contributed by atoms with Crippen LogP contribution in [0.5, 0.6) is 0 Å². The van der Waals surface area contributed by atoms with E-state index in [4.69, 9.17) is 0 Å². The van der Waals surface area contributed by atoms with Crippen LogP contribution in [0.15, 0.2) is 30.5 Å². The number of carbonyl (C=O) groups excluding carboxylic acids is 2. The zero-order chi connectivity index (χ0) is 20.6. The topological polar surface area (TPSA) is 83.4 Å². The number of amides is 2. The van der Waals surface area contributed by atoms with Crippen LogP contribution in [0.4, 0.5) is 5.82 Å². The van der Waals surface area contributed by atoms with Crippen molar-refractivity contribution in [1.82, 2.24) is 24.6 Å². The van der Waals surface area contributed by atoms with Crippen molar-refractivity contribution >= 4 is 17.6 Å². The Bertz CT molecular complexity index is 834. The average Bonchev–Trinajstić information content (AvgIpc) is 3.18. The number of nitrogens with zero attached hydrogens (tertiary/aromatic N) is 5. The first-order chi connectivity index (χ1) is 14.1. The lowest BCUT2D eigenvalue weighted by Crippen LogP contribution is -2.43. The van der Waals surface area contributed by atoms with Gasteiger partial charge in [0.1, 0.15) is 18.1 Å². The molecule has 3 rings (SSSR count). The molecule has 8 heteroatoms. The van der Waals surface area contributed by atoms with E-state index in [1.807, 2.05) is 25.1 Å². The lowest BCUT2D eigenvalue weighted by Gasteiger charge is -2.26. The molecular formula is C21H30N6O2. The molecule has 0 atom stereocenters. The number of aromatic nitrogens is 3. The summed E-state index contributed by atoms with van der Waals surface area (Å²) >= 11 is 0. The van der Waals surface area contributed by atoms with Crippen LogP contribution >= 0.6 is 0 Å². The molecule has 0 aliphatic carbocycles. The highest BCUT2D eigenvalue weighted by atomic mass is 16.2. The SMILES string of the molecule is CCCn1nccc1C(=O)N1CCCc2cccc(n2)NCCCN(C)C(=O)C1. The Morgan fingerprint density at radius 3 is 2.90 bits per heavy atom. The summed E-state index contributed by atoms with van der Waals surface area (Å²) in [7, 11) is 1.79. The number of hydrogen-bond donors (Lipinski definition) is 1. The molecule has 1 N–H and O–H groups in total. The molecule has 2 aromatic heterocycles. The van der Waals surface area contributed by atoms with Gasteiger partial charge in [0.2, 0.25) is 5.91 Å². The van der Waals surface area contributed by atoms with Gasteiger partial charge >= 0.3 is 0 Å². The predicted octanol–water partition coefficient (Wildman–Crippen LogP) is 2.04. The molecule has 8 nitrogen and oxygen atoms in total. The van der Waals surface area contributed by atoms with Crippen LogP contribution < -0.4 is 5.32 Å². The number of anilines is 1. The standard InChI is InChI=1S/C21H30N6O2/c1-3-13-27-18(10-12-23-27)21(29)26-15-5-8-17-7-4-9-19(24-17)22-11-6-14-25(2)20(28)16-26/h4,7,9-10,12H,3,5-6,8,11,13-16H2,1-2H3,(H,22,24). The highest BCUT2D eigenvalue weighted by molar-refractivity contribution is 5.95. The van der Waals surface area contributed by atoms with Crippen LogP contribution in [-0.2, 0) is 17.8 Å². The van der Waals surface area contributed by atoms with Crippen molar-refractivity contribution in [3.63, 3.8) is 0 Å². The fourth-order valence-corrected chi connectivity index (χ4v) is 3.43. The number of aryl methyl sites for hydroxylation is 2. The van der Waals surface area contributed by atoms with E-state index in [1.54, 1.807) is 33.8 Å². The number of rotatable bonds is 3. The van der Waals surface area contributed by atoms with Crippen molar-refractivity contribution < 1.29 is 9.59 Å². The zero-order valence-corrected chi connectivity index (χ0v) is 17.3. The zero-order valence-electron chi connectivity index (χ0n) is 17.3. The van der Waals surface area contributed by atoms with Gasteiger partial charge in [0.15, 0.2) is 0 Å². The van der Waals surface area contributed by atoms with Crippen molar-refractivity contribution in [3.05, 3.63) is 41.9 Å². The molecule has 2 aromatic rings. The molecule has 0 fully saturated rings. The minimum atomic E-state index is -0.145. The molecule has 156 valence electrons. The van der Waals surface area contributed by atoms with E-state index < -0.39 is 0 Å². The van der Waals surface area contributed by atoms with E-state index in [9.17, 15) is 9.59 Å². The maximum atomic E-state index is 13.2. The summed E-state index contributed by atoms with van der Waals surface area (Å²) in [5.41, 5.74) is 1.52. The summed E-state index contributed by atoms with van der Waals surface area (Å²) in [5.74, 6) is 0.659. The number of likely N-dealkylation sites (N-methyl/N-ethyl adjacent to an activating group) is 1. The van der Waals surface area contributed by atoms with Crippen molar-refractivity contribution in [2.24, 2.45) is 0 Å². The number of carbonyl (C=O) groups is 2. The van der Waals surface area contributed by atoms with Gasteiger partial charge in [-0.25, -0.2) is 4.98 Å². The minimum absolute atomic E-state index is 0.0476. The van der Waals surface area contributed by atoms with E-state index in [1.165, 1.54) is 0 Å². The number of fused-ring (bicyclic) bond motifs is 2. The first-order valence-corrected chi connectivity index (χ1v) is 10.3. The molecule has 2 bridgehead atoms. The summed E-state index contributed by atoms with van der Waals surface area (Å²) in [4.78, 5) is 33.9. The predicted molar refractivity (Wildman–Crippen MR) is 112 cm³/mol. The Labute approximate surface area is 171 Å². The fourth-order valence-electron chi connectivity index (χ4n) is 3.43. The molecule has 29 heavy (non-hydrogen) atoms. The normalized spacial score (nSPS) is 16.3. The van der Waals surface area contributed by atoms with E-state index in [2.05, 4.69) is 15.4 Å². The highest BCUT2D eigenvalue weighted by Gasteiger charge is 2.23. The summed E-state index contributed by atoms with van der Waals surface area (Å²) in [6.45, 7) is 4.67. The minimum Gasteiger partial charge on any atom is -0.370 e. The Morgan fingerprint density at radius 1 is 1.21 bits per heavy atom. The largest absolute Gasteiger partial charge is 0.370 e. The summed E-state index contributed by atoms with van der Waals surface area (Å²) in [5, 5.41) is 7.57. The second kappa shape index (κ2) is 10.0. The van der Waals surface area contributed by atoms with Gasteiger partial charge in [-0.2, -0.15) is 5.10 Å². The highest BCUT2D eigenvalue weighted by Crippen LogP contribution is 2.11. The van der Waals surface area contributed by atoms with Crippen LogP contribution in [0.1, 0.15) is 42.4 Å². The molecule has 0 radical (unpaired) electrons. The monoisotopic (exact) mass is 398 g/mol. The average molecular weight is 399 g/mol. The summed E-state index contributed by atoms with van der Waals surface area (Å²) < 4.78 is 1.72. The van der Waals surface area contributed by atoms with Crippen molar-refractivity contribution in [2.45, 2.75) is 39.2 Å². The Kier molecular flexibility index (Phi) is 7.21. The number of hydrogen-bond acceptors (Lipinski definition) is 5. The molecule has 0 saturated carbocycles. The molecule has 1 aliphatic heterocycles. The van der Waals surface area contributed by atoms with Crippen LogP contribution in [-0.4, -0.2) is 69.6 Å². The Hall–Kier alpha value is -2.90. The molecule has 1 aliphatic rings. The van der Waals surface area contributed by atoms with Gasteiger partial charge < -0.3 is 15.1 Å². The Morgan fingerprint density at radius 2 is 2.07 bits per heavy atom. The molecule has 0 saturated heterocycles. The van der Waals surface area contributed by atoms with E-state index in [0.717, 1.165) is 43.7 Å². The van der Waals surface area contributed by atoms with E-state index >= 15 is 0 Å². The maximum Gasteiger partial charge on any atom is 0.272 e. The van der Waals surface area contributed by atoms with Crippen molar-refractivity contribution in [2.75, 3.05) is 38.5 Å². The molecule has 3 heterocycles. The third-order valence-electron chi connectivity index (χ3n) is 5.05. The third-order valence-corrected chi connectivity index (χ3v) is 5.05. The molecule has 2 amide bonds. The van der Waals surface area contributed by atoms with Gasteiger partial charge in [-0.05, 0) is 43.9 Å². The van der Waals surface area contributed by atoms with E-state index in [0.29, 0.717) is 25.3 Å². The quantitative estimate of drug-likeness (QED) is 0.855. The first-order valence-electron chi connectivity index (χ1n) is 10.3. The maximum absolute atomic E-state index is 13.2. The summed E-state index contributed by atoms with van der Waals surface area (Å²) in [6, 6.07) is 7.68. The fraction of sp³-hybridized carbons (Fsp3) is 0.524. The molecular weight excluding hydrogens is 368 g/mol. The van der Waals surface area contributed by atoms with Crippen LogP contribution in [0.25, 0.3) is 0 Å². The van der Waals surface area contributed by atoms with Crippen LogP contribution in [0, 0.1) is 0 Å². The lowest BCUT2D eigenvalue weighted by atomic mass is 10.2. The lowest BCUT2D eigenvalue weighted by molar-refractivity contribution is -0.130. The Balaban J connectivity index is 1.79. The number of nitrogens with one attached hydrogen (secondary N) is 1. The smallest absolute Gasteiger partial charge is 0.272 e. The summed E-state index contributed by atoms with van der Waals surface area (Å²) in [6.07, 6.45) is 4.83. The molecule has 0 aromatic carbocycles. The number of pyridine rings is 1. The van der Waals surface area contributed by atoms with Crippen LogP contribution in [0.3, 0.4) is 0 Å². The van der Waals surface area contributed by atoms with Crippen LogP contribution in [0.2, 0.25) is 0 Å². The second-order valence-corrected chi connectivity index (χ2v) is 7.38. The van der Waals surface area contributed by atoms with Gasteiger partial charge in [-0.1, -0.05) is 13.0 Å². The molecule has 0 spiro atoms. The third kappa shape index (κ3) is 5.56. The van der Waals surface area contributed by atoms with Gasteiger partial charge in [0.25, 0.3) is 5.91 Å². The first kappa shape index (κ1) is 20.8. The van der Waals surface area contributed by atoms with Crippen molar-refractivity contribution in [3.8, 4) is 0 Å². The van der Waals surface area contributed by atoms with Gasteiger partial charge in [-0.15, -0.1) is 0 Å². The van der Waals surface area contributed by atoms with Crippen molar-refractivity contribution in [1.29, 1.82) is 0 Å². The molecule has 0 unspecified atom stereocenters. The van der Waals surface area contributed by atoms with Gasteiger partial charge in [0, 0.05) is 45.1 Å². The van der Waals surface area contributed by atoms with Gasteiger partial charge in [0.05, 0.1) is 0 Å². The van der Waals surface area contributed by atoms with Gasteiger partial charge in [-0.3, -0.25) is 14.3 Å². The van der Waals surface area contributed by atoms with E-state index in [-0.39, 0.29) is 18.4 Å².